The number of aliphatic carboxylic acids is 2. The van der Waals surface area contributed by atoms with Gasteiger partial charge in [-0.15, -0.1) is 0 Å². The van der Waals surface area contributed by atoms with E-state index in [9.17, 15) is 24.0 Å². The first kappa shape index (κ1) is 50.1. The highest BCUT2D eigenvalue weighted by atomic mass is 16.6. The van der Waals surface area contributed by atoms with E-state index in [1.54, 1.807) is 6.92 Å². The van der Waals surface area contributed by atoms with E-state index in [2.05, 4.69) is 11.1 Å². The molecule has 0 aliphatic rings. The lowest BCUT2D eigenvalue weighted by Crippen LogP contribution is -2.43. The lowest BCUT2D eigenvalue weighted by Gasteiger charge is -2.14. The van der Waals surface area contributed by atoms with Crippen LogP contribution in [0.2, 0.25) is 0 Å². The first-order valence-electron chi connectivity index (χ1n) is 13.8. The smallest absolute Gasteiger partial charge is 0.323 e. The third kappa shape index (κ3) is 51.2. The number of nitrogens with two attached hydrogens (primary N) is 3. The topological polar surface area (TPSA) is 339 Å². The van der Waals surface area contributed by atoms with Crippen molar-refractivity contribution >= 4 is 35.7 Å². The van der Waals surface area contributed by atoms with E-state index in [1.807, 2.05) is 27.7 Å². The van der Waals surface area contributed by atoms with E-state index in [4.69, 9.17) is 57.0 Å². The van der Waals surface area contributed by atoms with Crippen LogP contribution in [0, 0.1) is 11.3 Å². The Morgan fingerprint density at radius 3 is 1.64 bits per heavy atom. The number of aliphatic hydroxyl groups is 4. The average Bonchev–Trinajstić information content (AvgIpc) is 2.91. The Labute approximate surface area is 258 Å². The number of ether oxygens (including phenoxy) is 2. The van der Waals surface area contributed by atoms with Gasteiger partial charge in [0.1, 0.15) is 25.4 Å². The van der Waals surface area contributed by atoms with Gasteiger partial charge in [-0.2, -0.15) is 0 Å². The Hall–Kier alpha value is -3.58. The van der Waals surface area contributed by atoms with Crippen molar-refractivity contribution in [2.45, 2.75) is 91.4 Å². The van der Waals surface area contributed by atoms with E-state index in [1.165, 1.54) is 0 Å². The standard InChI is InChI=1S/C11H20O4.C6H14N4O3.C5H10O2.C2H5NO2.C2H6O2/c1-4-6-10(12)14-8-9(3)15-11(13)7-5-2;7-4(5(12)13)3(11)1-2-10-6(8)9;1-4(2)3-5(6)7;3-2(5)1-4;3-1-2-4/h9H,4-8H2,1-3H3;3-4,11H,1-2,7H2,(H,12,13)(H4,8,9,10);4H,3H2,1-2H3,(H,6,7);4H,1H2,(H2,3,5);3-4H,1-2H2/t;3?,4-;;;/m.0.../s1. The molecule has 0 spiro atoms. The summed E-state index contributed by atoms with van der Waals surface area (Å²) in [4.78, 5) is 51.5. The number of carbonyl (C=O) groups excluding carboxylic acids is 3. The monoisotopic (exact) mass is 645 g/mol. The van der Waals surface area contributed by atoms with Gasteiger partial charge in [-0.1, -0.05) is 27.7 Å². The zero-order valence-electron chi connectivity index (χ0n) is 26.4. The van der Waals surface area contributed by atoms with Crippen LogP contribution in [-0.4, -0.2) is 118 Å². The molecule has 2 unspecified atom stereocenters. The van der Waals surface area contributed by atoms with Crippen molar-refractivity contribution in [3.05, 3.63) is 0 Å². The van der Waals surface area contributed by atoms with Crippen molar-refractivity contribution in [2.24, 2.45) is 23.1 Å². The number of aliphatic hydroxyl groups excluding tert-OH is 4. The quantitative estimate of drug-likeness (QED) is 0.0503. The molecule has 0 aromatic heterocycles. The molecule has 0 aromatic rings. The number of guanidine groups is 1. The molecule has 1 amide bonds. The van der Waals surface area contributed by atoms with E-state index < -0.39 is 36.6 Å². The molecule has 0 aromatic carbocycles. The second-order valence-corrected chi connectivity index (χ2v) is 9.11. The SMILES string of the molecule is CC(C)CC(=O)O.CCCC(=O)OCC(C)OC(=O)CCC.N=C(N)NCCC(O)[C@H](N)C(=O)O.NC(=O)CO.OCCO. The summed E-state index contributed by atoms with van der Waals surface area (Å²) >= 11 is 0. The molecule has 0 heterocycles. The number of amides is 1. The predicted molar refractivity (Wildman–Crippen MR) is 160 cm³/mol. The fourth-order valence-electron chi connectivity index (χ4n) is 2.06. The maximum absolute atomic E-state index is 11.1. The maximum atomic E-state index is 11.1. The first-order valence-corrected chi connectivity index (χ1v) is 13.8. The minimum atomic E-state index is -1.30. The molecule has 18 nitrogen and oxygen atoms in total. The van der Waals surface area contributed by atoms with Gasteiger partial charge in [0.15, 0.2) is 5.96 Å². The van der Waals surface area contributed by atoms with Gasteiger partial charge in [0.2, 0.25) is 5.91 Å². The van der Waals surface area contributed by atoms with Gasteiger partial charge in [0.05, 0.1) is 19.3 Å². The Balaban J connectivity index is -0.000000157. The highest BCUT2D eigenvalue weighted by Crippen LogP contribution is 2.00. The molecule has 0 radical (unpaired) electrons. The summed E-state index contributed by atoms with van der Waals surface area (Å²) in [6.07, 6.45) is 1.27. The van der Waals surface area contributed by atoms with Gasteiger partial charge in [0.25, 0.3) is 0 Å². The molecule has 0 aliphatic carbocycles. The highest BCUT2D eigenvalue weighted by molar-refractivity contribution is 5.75. The molecular weight excluding hydrogens is 590 g/mol. The molecule has 3 atom stereocenters. The van der Waals surface area contributed by atoms with Crippen LogP contribution in [0.25, 0.3) is 0 Å². The van der Waals surface area contributed by atoms with Crippen LogP contribution in [0.15, 0.2) is 0 Å². The van der Waals surface area contributed by atoms with Crippen LogP contribution < -0.4 is 22.5 Å². The Kier molecular flexibility index (Phi) is 40.5. The molecule has 262 valence electrons. The molecule has 0 bridgehead atoms. The number of carboxylic acid groups (broad SMARTS) is 2. The summed E-state index contributed by atoms with van der Waals surface area (Å²) in [7, 11) is 0. The lowest BCUT2D eigenvalue weighted by atomic mass is 10.1. The highest BCUT2D eigenvalue weighted by Gasteiger charge is 2.21. The van der Waals surface area contributed by atoms with Crippen molar-refractivity contribution in [3.63, 3.8) is 0 Å². The zero-order chi connectivity index (χ0) is 35.7. The summed E-state index contributed by atoms with van der Waals surface area (Å²) in [6.45, 7) is 8.86. The average molecular weight is 646 g/mol. The Morgan fingerprint density at radius 2 is 1.34 bits per heavy atom. The largest absolute Gasteiger partial charge is 0.481 e. The zero-order valence-corrected chi connectivity index (χ0v) is 26.4. The maximum Gasteiger partial charge on any atom is 0.323 e. The molecule has 0 rings (SSSR count). The van der Waals surface area contributed by atoms with Gasteiger partial charge >= 0.3 is 23.9 Å². The van der Waals surface area contributed by atoms with E-state index >= 15 is 0 Å². The van der Waals surface area contributed by atoms with Crippen LogP contribution in [0.1, 0.15) is 73.1 Å². The molecule has 0 saturated heterocycles. The number of hydrogen-bond acceptors (Lipinski definition) is 13. The van der Waals surface area contributed by atoms with Crippen LogP contribution >= 0.6 is 0 Å². The van der Waals surface area contributed by atoms with Crippen LogP contribution in [0.3, 0.4) is 0 Å². The molecule has 0 fully saturated rings. The summed E-state index contributed by atoms with van der Waals surface area (Å²) in [6, 6.07) is -1.30. The van der Waals surface area contributed by atoms with Gasteiger partial charge in [-0.05, 0) is 32.1 Å². The van der Waals surface area contributed by atoms with Gasteiger partial charge in [-0.3, -0.25) is 29.4 Å². The summed E-state index contributed by atoms with van der Waals surface area (Å²) in [5.74, 6) is -3.09. The van der Waals surface area contributed by atoms with Crippen molar-refractivity contribution in [1.82, 2.24) is 5.32 Å². The molecular formula is C26H55N5O13. The van der Waals surface area contributed by atoms with Crippen LogP contribution in [-0.2, 0) is 33.4 Å². The fraction of sp³-hybridized carbons (Fsp3) is 0.769. The Morgan fingerprint density at radius 1 is 0.886 bits per heavy atom. The van der Waals surface area contributed by atoms with Crippen LogP contribution in [0.5, 0.6) is 0 Å². The van der Waals surface area contributed by atoms with Gasteiger partial charge < -0.3 is 62.6 Å². The second kappa shape index (κ2) is 35.6. The number of carboxylic acids is 2. The minimum absolute atomic E-state index is 0.125. The molecule has 18 heteroatoms. The fourth-order valence-corrected chi connectivity index (χ4v) is 2.06. The van der Waals surface area contributed by atoms with E-state index in [-0.39, 0.29) is 69.1 Å². The number of carbonyl (C=O) groups is 5. The summed E-state index contributed by atoms with van der Waals surface area (Å²) < 4.78 is 9.91. The second-order valence-electron chi connectivity index (χ2n) is 9.11. The first-order chi connectivity index (χ1) is 20.4. The molecule has 44 heavy (non-hydrogen) atoms. The van der Waals surface area contributed by atoms with Gasteiger partial charge in [-0.25, -0.2) is 0 Å². The van der Waals surface area contributed by atoms with Gasteiger partial charge in [0, 0.05) is 25.8 Å². The molecule has 14 N–H and O–H groups in total. The number of nitrogens with one attached hydrogen (secondary N) is 2. The number of primary amides is 1. The van der Waals surface area contributed by atoms with Crippen molar-refractivity contribution in [1.29, 1.82) is 5.41 Å². The van der Waals surface area contributed by atoms with E-state index in [0.29, 0.717) is 12.8 Å². The Bertz CT molecular complexity index is 769. The van der Waals surface area contributed by atoms with Crippen molar-refractivity contribution in [2.75, 3.05) is 33.0 Å². The minimum Gasteiger partial charge on any atom is -0.481 e. The molecule has 0 saturated carbocycles. The number of hydrogen-bond donors (Lipinski definition) is 11. The number of esters is 2. The predicted octanol–water partition coefficient (Wildman–Crippen LogP) is -1.75. The summed E-state index contributed by atoms with van der Waals surface area (Å²) in [5, 5.41) is 57.7. The van der Waals surface area contributed by atoms with E-state index in [0.717, 1.165) is 12.8 Å². The van der Waals surface area contributed by atoms with Crippen molar-refractivity contribution in [3.8, 4) is 0 Å². The van der Waals surface area contributed by atoms with Crippen LogP contribution in [0.4, 0.5) is 0 Å². The summed E-state index contributed by atoms with van der Waals surface area (Å²) in [5.41, 5.74) is 14.5. The third-order valence-corrected chi connectivity index (χ3v) is 4.01. The normalized spacial score (nSPS) is 11.4. The molecule has 0 aliphatic heterocycles. The third-order valence-electron chi connectivity index (χ3n) is 4.01. The lowest BCUT2D eigenvalue weighted by molar-refractivity contribution is -0.158. The van der Waals surface area contributed by atoms with Crippen molar-refractivity contribution < 1.29 is 64.1 Å². The number of rotatable bonds is 16.